The lowest BCUT2D eigenvalue weighted by atomic mass is 9.97. The zero-order valence-electron chi connectivity index (χ0n) is 15.2. The molecule has 7 heteroatoms. The van der Waals surface area contributed by atoms with Gasteiger partial charge in [0.15, 0.2) is 11.5 Å². The van der Waals surface area contributed by atoms with Crippen molar-refractivity contribution in [1.82, 2.24) is 4.90 Å². The largest absolute Gasteiger partial charge is 0.493 e. The predicted octanol–water partition coefficient (Wildman–Crippen LogP) is 1.39. The number of carbonyl (C=O) groups excluding carboxylic acids is 1. The Balaban J connectivity index is 2.31. The Morgan fingerprint density at radius 1 is 1.32 bits per heavy atom. The number of hydrogen-bond acceptors (Lipinski definition) is 6. The Labute approximate surface area is 148 Å². The maximum Gasteiger partial charge on any atom is 0.249 e. The van der Waals surface area contributed by atoms with Gasteiger partial charge in [-0.2, -0.15) is 0 Å². The summed E-state index contributed by atoms with van der Waals surface area (Å²) in [5.41, 5.74) is 0.814. The van der Waals surface area contributed by atoms with E-state index in [2.05, 4.69) is 0 Å². The summed E-state index contributed by atoms with van der Waals surface area (Å²) in [4.78, 5) is 14.3. The van der Waals surface area contributed by atoms with Crippen molar-refractivity contribution in [3.63, 3.8) is 0 Å². The molecule has 1 heterocycles. The van der Waals surface area contributed by atoms with Gasteiger partial charge in [-0.15, -0.1) is 0 Å². The zero-order chi connectivity index (χ0) is 18.4. The summed E-state index contributed by atoms with van der Waals surface area (Å²) in [6.45, 7) is 4.40. The second-order valence-electron chi connectivity index (χ2n) is 6.10. The molecule has 1 aliphatic heterocycles. The van der Waals surface area contributed by atoms with Gasteiger partial charge >= 0.3 is 0 Å². The molecule has 1 N–H and O–H groups in total. The van der Waals surface area contributed by atoms with Gasteiger partial charge in [0.25, 0.3) is 0 Å². The van der Waals surface area contributed by atoms with Crippen LogP contribution in [0.15, 0.2) is 18.2 Å². The molecule has 140 valence electrons. The zero-order valence-corrected chi connectivity index (χ0v) is 15.2. The molecule has 0 bridgehead atoms. The molecule has 1 aromatic carbocycles. The second kappa shape index (κ2) is 9.03. The van der Waals surface area contributed by atoms with Gasteiger partial charge in [0.1, 0.15) is 12.7 Å². The van der Waals surface area contributed by atoms with Gasteiger partial charge < -0.3 is 29.0 Å². The van der Waals surface area contributed by atoms with Crippen LogP contribution in [0.3, 0.4) is 0 Å². The van der Waals surface area contributed by atoms with Crippen molar-refractivity contribution in [2.24, 2.45) is 0 Å². The smallest absolute Gasteiger partial charge is 0.249 e. The van der Waals surface area contributed by atoms with Gasteiger partial charge in [0.05, 0.1) is 39.6 Å². The highest BCUT2D eigenvalue weighted by Gasteiger charge is 2.36. The molecule has 1 aromatic rings. The van der Waals surface area contributed by atoms with Crippen molar-refractivity contribution >= 4 is 5.91 Å². The maximum atomic E-state index is 12.6. The maximum absolute atomic E-state index is 12.6. The number of morpholine rings is 1. The number of benzene rings is 1. The van der Waals surface area contributed by atoms with Gasteiger partial charge in [0.2, 0.25) is 5.91 Å². The third kappa shape index (κ3) is 4.62. The summed E-state index contributed by atoms with van der Waals surface area (Å²) >= 11 is 0. The summed E-state index contributed by atoms with van der Waals surface area (Å²) in [7, 11) is 3.12. The SMILES string of the molecule is COc1ccc([C@@H]2[C@@H](CO)OCCN2C(=O)COC(C)C)cc1OC. The van der Waals surface area contributed by atoms with Crippen LogP contribution in [0.5, 0.6) is 11.5 Å². The monoisotopic (exact) mass is 353 g/mol. The van der Waals surface area contributed by atoms with Crippen LogP contribution in [0.1, 0.15) is 25.5 Å². The molecule has 0 saturated carbocycles. The van der Waals surface area contributed by atoms with Crippen molar-refractivity contribution in [2.45, 2.75) is 32.1 Å². The van der Waals surface area contributed by atoms with Crippen LogP contribution >= 0.6 is 0 Å². The number of methoxy groups -OCH3 is 2. The lowest BCUT2D eigenvalue weighted by Crippen LogP contribution is -2.50. The van der Waals surface area contributed by atoms with E-state index in [0.29, 0.717) is 24.7 Å². The van der Waals surface area contributed by atoms with E-state index >= 15 is 0 Å². The quantitative estimate of drug-likeness (QED) is 0.798. The Morgan fingerprint density at radius 2 is 2.04 bits per heavy atom. The highest BCUT2D eigenvalue weighted by atomic mass is 16.5. The minimum absolute atomic E-state index is 0.000392. The van der Waals surface area contributed by atoms with Crippen LogP contribution < -0.4 is 9.47 Å². The van der Waals surface area contributed by atoms with E-state index in [1.165, 1.54) is 0 Å². The Kier molecular flexibility index (Phi) is 7.04. The molecule has 1 fully saturated rings. The van der Waals surface area contributed by atoms with Crippen LogP contribution in [0.25, 0.3) is 0 Å². The summed E-state index contributed by atoms with van der Waals surface area (Å²) in [6.07, 6.45) is -0.534. The number of aliphatic hydroxyl groups excluding tert-OH is 1. The van der Waals surface area contributed by atoms with E-state index in [9.17, 15) is 9.90 Å². The Hall–Kier alpha value is -1.83. The highest BCUT2D eigenvalue weighted by Crippen LogP contribution is 2.35. The van der Waals surface area contributed by atoms with Crippen LogP contribution in [0.2, 0.25) is 0 Å². The number of aliphatic hydroxyl groups is 1. The molecule has 0 aliphatic carbocycles. The van der Waals surface area contributed by atoms with Crippen molar-refractivity contribution in [3.05, 3.63) is 23.8 Å². The number of rotatable bonds is 7. The first kappa shape index (κ1) is 19.5. The minimum atomic E-state index is -0.505. The predicted molar refractivity (Wildman–Crippen MR) is 91.9 cm³/mol. The molecular formula is C18H27NO6. The van der Waals surface area contributed by atoms with Crippen molar-refractivity contribution in [3.8, 4) is 11.5 Å². The number of nitrogens with zero attached hydrogens (tertiary/aromatic N) is 1. The standard InChI is InChI=1S/C18H27NO6/c1-12(2)25-11-17(21)19-7-8-24-16(10-20)18(19)13-5-6-14(22-3)15(9-13)23-4/h5-6,9,12,16,18,20H,7-8,10-11H2,1-4H3/t16-,18-/m1/s1. The fraction of sp³-hybridized carbons (Fsp3) is 0.611. The number of hydrogen-bond donors (Lipinski definition) is 1. The second-order valence-corrected chi connectivity index (χ2v) is 6.10. The van der Waals surface area contributed by atoms with Crippen LogP contribution in [-0.2, 0) is 14.3 Å². The molecule has 7 nitrogen and oxygen atoms in total. The van der Waals surface area contributed by atoms with Crippen LogP contribution in [0.4, 0.5) is 0 Å². The lowest BCUT2D eigenvalue weighted by Gasteiger charge is -2.41. The topological polar surface area (TPSA) is 77.5 Å². The average Bonchev–Trinajstić information content (AvgIpc) is 2.64. The molecule has 1 amide bonds. The molecule has 1 aliphatic rings. The molecule has 2 atom stereocenters. The van der Waals surface area contributed by atoms with E-state index in [-0.39, 0.29) is 25.2 Å². The molecule has 1 saturated heterocycles. The van der Waals surface area contributed by atoms with Crippen molar-refractivity contribution < 1.29 is 28.8 Å². The molecule has 2 rings (SSSR count). The van der Waals surface area contributed by atoms with Gasteiger partial charge in [-0.05, 0) is 31.5 Å². The number of ether oxygens (including phenoxy) is 4. The minimum Gasteiger partial charge on any atom is -0.493 e. The van der Waals surface area contributed by atoms with Crippen LogP contribution in [-0.4, -0.2) is 68.7 Å². The first-order chi connectivity index (χ1) is 12.0. The summed E-state index contributed by atoms with van der Waals surface area (Å²) in [5, 5.41) is 9.72. The van der Waals surface area contributed by atoms with E-state index in [4.69, 9.17) is 18.9 Å². The first-order valence-electron chi connectivity index (χ1n) is 8.37. The number of amides is 1. The van der Waals surface area contributed by atoms with E-state index < -0.39 is 12.1 Å². The molecule has 0 spiro atoms. The van der Waals surface area contributed by atoms with Gasteiger partial charge in [-0.3, -0.25) is 4.79 Å². The van der Waals surface area contributed by atoms with E-state index in [0.717, 1.165) is 5.56 Å². The van der Waals surface area contributed by atoms with E-state index in [1.807, 2.05) is 26.0 Å². The van der Waals surface area contributed by atoms with Gasteiger partial charge in [-0.25, -0.2) is 0 Å². The van der Waals surface area contributed by atoms with Crippen molar-refractivity contribution in [2.75, 3.05) is 40.6 Å². The third-order valence-corrected chi connectivity index (χ3v) is 4.14. The molecule has 0 aromatic heterocycles. The highest BCUT2D eigenvalue weighted by molar-refractivity contribution is 5.78. The van der Waals surface area contributed by atoms with Gasteiger partial charge in [-0.1, -0.05) is 6.07 Å². The Bertz CT molecular complexity index is 577. The van der Waals surface area contributed by atoms with E-state index in [1.54, 1.807) is 25.2 Å². The van der Waals surface area contributed by atoms with Crippen molar-refractivity contribution in [1.29, 1.82) is 0 Å². The van der Waals surface area contributed by atoms with Crippen LogP contribution in [0, 0.1) is 0 Å². The first-order valence-corrected chi connectivity index (χ1v) is 8.37. The average molecular weight is 353 g/mol. The molecule has 0 radical (unpaired) electrons. The van der Waals surface area contributed by atoms with Gasteiger partial charge in [0, 0.05) is 6.54 Å². The fourth-order valence-corrected chi connectivity index (χ4v) is 2.92. The lowest BCUT2D eigenvalue weighted by molar-refractivity contribution is -0.155. The number of carbonyl (C=O) groups is 1. The fourth-order valence-electron chi connectivity index (χ4n) is 2.92. The third-order valence-electron chi connectivity index (χ3n) is 4.14. The summed E-state index contributed by atoms with van der Waals surface area (Å²) < 4.78 is 21.7. The normalized spacial score (nSPS) is 20.6. The molecular weight excluding hydrogens is 326 g/mol. The molecule has 0 unspecified atom stereocenters. The summed E-state index contributed by atoms with van der Waals surface area (Å²) in [6, 6.07) is 5.03. The Morgan fingerprint density at radius 3 is 2.64 bits per heavy atom. The molecule has 25 heavy (non-hydrogen) atoms. The summed E-state index contributed by atoms with van der Waals surface area (Å²) in [5.74, 6) is 1.04.